The number of amides is 1. The Morgan fingerprint density at radius 3 is 2.71 bits per heavy atom. The third-order valence-electron chi connectivity index (χ3n) is 3.47. The van der Waals surface area contributed by atoms with Gasteiger partial charge in [-0.2, -0.15) is 0 Å². The SMILES string of the molecule is Cc1ccc(N=C2NC(=O)/C(=C\c3ccc(F)c(Br)c3)S2)c(C)c1. The number of halogens is 2. The van der Waals surface area contributed by atoms with E-state index < -0.39 is 0 Å². The molecule has 1 aliphatic rings. The fourth-order valence-electron chi connectivity index (χ4n) is 2.27. The van der Waals surface area contributed by atoms with Crippen LogP contribution >= 0.6 is 27.7 Å². The molecule has 2 aromatic carbocycles. The fourth-order valence-corrected chi connectivity index (χ4v) is 3.51. The van der Waals surface area contributed by atoms with Gasteiger partial charge in [-0.3, -0.25) is 4.79 Å². The lowest BCUT2D eigenvalue weighted by Gasteiger charge is -2.02. The van der Waals surface area contributed by atoms with Crippen molar-refractivity contribution >= 4 is 50.5 Å². The lowest BCUT2D eigenvalue weighted by Crippen LogP contribution is -2.19. The average Bonchev–Trinajstić information content (AvgIpc) is 2.86. The Balaban J connectivity index is 1.86. The first-order valence-corrected chi connectivity index (χ1v) is 8.85. The van der Waals surface area contributed by atoms with E-state index in [1.54, 1.807) is 18.2 Å². The van der Waals surface area contributed by atoms with Crippen LogP contribution in [-0.4, -0.2) is 11.1 Å². The normalized spacial score (nSPS) is 17.6. The zero-order valence-corrected chi connectivity index (χ0v) is 15.5. The summed E-state index contributed by atoms with van der Waals surface area (Å²) in [7, 11) is 0. The molecule has 0 saturated carbocycles. The first-order valence-electron chi connectivity index (χ1n) is 7.24. The van der Waals surface area contributed by atoms with Crippen molar-refractivity contribution in [3.63, 3.8) is 0 Å². The molecule has 3 nitrogen and oxygen atoms in total. The first-order chi connectivity index (χ1) is 11.4. The number of hydrogen-bond acceptors (Lipinski definition) is 3. The van der Waals surface area contributed by atoms with Gasteiger partial charge in [-0.15, -0.1) is 0 Å². The molecule has 0 spiro atoms. The molecule has 1 saturated heterocycles. The van der Waals surface area contributed by atoms with Crippen molar-refractivity contribution in [3.8, 4) is 0 Å². The average molecular weight is 405 g/mol. The maximum Gasteiger partial charge on any atom is 0.264 e. The van der Waals surface area contributed by atoms with Crippen LogP contribution in [0.1, 0.15) is 16.7 Å². The number of benzene rings is 2. The summed E-state index contributed by atoms with van der Waals surface area (Å²) < 4.78 is 13.7. The maximum atomic E-state index is 13.3. The second kappa shape index (κ2) is 6.91. The number of carbonyl (C=O) groups is 1. The van der Waals surface area contributed by atoms with Crippen LogP contribution in [0.5, 0.6) is 0 Å². The molecule has 0 aromatic heterocycles. The van der Waals surface area contributed by atoms with Crippen molar-refractivity contribution in [3.05, 3.63) is 68.3 Å². The zero-order valence-electron chi connectivity index (χ0n) is 13.1. The van der Waals surface area contributed by atoms with Gasteiger partial charge in [0.25, 0.3) is 5.91 Å². The summed E-state index contributed by atoms with van der Waals surface area (Å²) in [4.78, 5) is 17.1. The van der Waals surface area contributed by atoms with Crippen molar-refractivity contribution in [2.24, 2.45) is 4.99 Å². The molecular weight excluding hydrogens is 391 g/mol. The van der Waals surface area contributed by atoms with Crippen molar-refractivity contribution in [1.29, 1.82) is 0 Å². The largest absolute Gasteiger partial charge is 0.300 e. The predicted molar refractivity (Wildman–Crippen MR) is 101 cm³/mol. The van der Waals surface area contributed by atoms with Gasteiger partial charge in [0.2, 0.25) is 0 Å². The summed E-state index contributed by atoms with van der Waals surface area (Å²) in [5, 5.41) is 3.30. The summed E-state index contributed by atoms with van der Waals surface area (Å²) in [6, 6.07) is 10.6. The number of carbonyl (C=O) groups excluding carboxylic acids is 1. The van der Waals surface area contributed by atoms with Crippen molar-refractivity contribution in [2.45, 2.75) is 13.8 Å². The minimum Gasteiger partial charge on any atom is -0.300 e. The Morgan fingerprint density at radius 1 is 1.21 bits per heavy atom. The van der Waals surface area contributed by atoms with Crippen molar-refractivity contribution < 1.29 is 9.18 Å². The Bertz CT molecular complexity index is 893. The molecule has 0 bridgehead atoms. The Morgan fingerprint density at radius 2 is 2.00 bits per heavy atom. The molecule has 0 atom stereocenters. The molecule has 1 amide bonds. The van der Waals surface area contributed by atoms with Gasteiger partial charge in [-0.1, -0.05) is 23.8 Å². The minimum atomic E-state index is -0.335. The zero-order chi connectivity index (χ0) is 17.3. The predicted octanol–water partition coefficient (Wildman–Crippen LogP) is 5.10. The van der Waals surface area contributed by atoms with Gasteiger partial charge in [0, 0.05) is 0 Å². The van der Waals surface area contributed by atoms with Crippen LogP contribution in [0.15, 0.2) is 50.8 Å². The summed E-state index contributed by atoms with van der Waals surface area (Å²) in [6.07, 6.45) is 1.72. The van der Waals surface area contributed by atoms with E-state index in [4.69, 9.17) is 0 Å². The van der Waals surface area contributed by atoms with Gasteiger partial charge in [-0.05, 0) is 76.9 Å². The summed E-state index contributed by atoms with van der Waals surface area (Å²) >= 11 is 4.42. The monoisotopic (exact) mass is 404 g/mol. The minimum absolute atomic E-state index is 0.205. The van der Waals surface area contributed by atoms with Gasteiger partial charge in [0.15, 0.2) is 5.17 Å². The topological polar surface area (TPSA) is 41.5 Å². The van der Waals surface area contributed by atoms with E-state index in [0.717, 1.165) is 16.8 Å². The second-order valence-electron chi connectivity index (χ2n) is 5.45. The molecule has 1 N–H and O–H groups in total. The summed E-state index contributed by atoms with van der Waals surface area (Å²) in [5.41, 5.74) is 3.79. The van der Waals surface area contributed by atoms with E-state index in [2.05, 4.69) is 26.2 Å². The molecule has 2 aromatic rings. The molecular formula is C18H14BrFN2OS. The van der Waals surface area contributed by atoms with Crippen LogP contribution in [0.25, 0.3) is 6.08 Å². The van der Waals surface area contributed by atoms with Crippen molar-refractivity contribution in [2.75, 3.05) is 0 Å². The number of nitrogens with zero attached hydrogens (tertiary/aromatic N) is 1. The smallest absolute Gasteiger partial charge is 0.264 e. The van der Waals surface area contributed by atoms with Gasteiger partial charge >= 0.3 is 0 Å². The summed E-state index contributed by atoms with van der Waals surface area (Å²) in [6.45, 7) is 4.01. The third kappa shape index (κ3) is 3.76. The van der Waals surface area contributed by atoms with E-state index in [0.29, 0.717) is 14.5 Å². The van der Waals surface area contributed by atoms with E-state index in [1.807, 2.05) is 32.0 Å². The van der Waals surface area contributed by atoms with Crippen LogP contribution in [0.4, 0.5) is 10.1 Å². The standard InChI is InChI=1S/C18H14BrFN2OS/c1-10-3-6-15(11(2)7-10)21-18-22-17(23)16(24-18)9-12-4-5-14(20)13(19)8-12/h3-9H,1-2H3,(H,21,22,23)/b16-9+. The fraction of sp³-hybridized carbons (Fsp3) is 0.111. The van der Waals surface area contributed by atoms with Crippen LogP contribution in [-0.2, 0) is 4.79 Å². The number of amidine groups is 1. The van der Waals surface area contributed by atoms with Gasteiger partial charge in [0.05, 0.1) is 15.1 Å². The second-order valence-corrected chi connectivity index (χ2v) is 7.33. The Hall–Kier alpha value is -1.92. The van der Waals surface area contributed by atoms with E-state index >= 15 is 0 Å². The molecule has 0 unspecified atom stereocenters. The molecule has 0 radical (unpaired) electrons. The summed E-state index contributed by atoms with van der Waals surface area (Å²) in [5.74, 6) is -0.540. The highest BCUT2D eigenvalue weighted by atomic mass is 79.9. The van der Waals surface area contributed by atoms with E-state index in [-0.39, 0.29) is 11.7 Å². The number of thioether (sulfide) groups is 1. The quantitative estimate of drug-likeness (QED) is 0.707. The van der Waals surface area contributed by atoms with Crippen LogP contribution in [0.3, 0.4) is 0 Å². The Kier molecular flexibility index (Phi) is 4.87. The highest BCUT2D eigenvalue weighted by Gasteiger charge is 2.24. The number of rotatable bonds is 2. The van der Waals surface area contributed by atoms with Crippen molar-refractivity contribution in [1.82, 2.24) is 5.32 Å². The lowest BCUT2D eigenvalue weighted by molar-refractivity contribution is -0.115. The molecule has 1 heterocycles. The number of nitrogens with one attached hydrogen (secondary N) is 1. The van der Waals surface area contributed by atoms with Crippen LogP contribution in [0, 0.1) is 19.7 Å². The van der Waals surface area contributed by atoms with Gasteiger partial charge in [-0.25, -0.2) is 9.38 Å². The first kappa shape index (κ1) is 16.9. The van der Waals surface area contributed by atoms with Gasteiger partial charge in [0.1, 0.15) is 5.82 Å². The molecule has 0 aliphatic carbocycles. The molecule has 122 valence electrons. The maximum absolute atomic E-state index is 13.3. The lowest BCUT2D eigenvalue weighted by atomic mass is 10.1. The van der Waals surface area contributed by atoms with Crippen LogP contribution < -0.4 is 5.32 Å². The Labute approximate surface area is 152 Å². The van der Waals surface area contributed by atoms with E-state index in [9.17, 15) is 9.18 Å². The number of hydrogen-bond donors (Lipinski definition) is 1. The molecule has 24 heavy (non-hydrogen) atoms. The molecule has 6 heteroatoms. The molecule has 1 aliphatic heterocycles. The highest BCUT2D eigenvalue weighted by molar-refractivity contribution is 9.10. The van der Waals surface area contributed by atoms with Crippen LogP contribution in [0.2, 0.25) is 0 Å². The van der Waals surface area contributed by atoms with E-state index in [1.165, 1.54) is 23.4 Å². The third-order valence-corrected chi connectivity index (χ3v) is 4.98. The number of aryl methyl sites for hydroxylation is 2. The van der Waals surface area contributed by atoms with Gasteiger partial charge < -0.3 is 5.32 Å². The molecule has 1 fully saturated rings. The highest BCUT2D eigenvalue weighted by Crippen LogP contribution is 2.30. The molecule has 3 rings (SSSR count). The number of aliphatic imine (C=N–C) groups is 1.